The highest BCUT2D eigenvalue weighted by atomic mass is 16.6. The smallest absolute Gasteiger partial charge is 0.310 e. The summed E-state index contributed by atoms with van der Waals surface area (Å²) in [7, 11) is 0. The number of hydrogen-bond donors (Lipinski definition) is 0. The van der Waals surface area contributed by atoms with Crippen LogP contribution in [0.2, 0.25) is 0 Å². The van der Waals surface area contributed by atoms with Crippen molar-refractivity contribution < 1.29 is 28.5 Å². The summed E-state index contributed by atoms with van der Waals surface area (Å²) in [5.41, 5.74) is -0.314. The lowest BCUT2D eigenvalue weighted by molar-refractivity contribution is -0.163. The molecule has 2 saturated heterocycles. The highest BCUT2D eigenvalue weighted by Gasteiger charge is 2.59. The van der Waals surface area contributed by atoms with E-state index in [1.54, 1.807) is 0 Å². The Kier molecular flexibility index (Phi) is 3.27. The maximum absolute atomic E-state index is 12.5. The van der Waals surface area contributed by atoms with Gasteiger partial charge in [-0.25, -0.2) is 0 Å². The van der Waals surface area contributed by atoms with Crippen molar-refractivity contribution in [2.24, 2.45) is 23.2 Å². The third-order valence-corrected chi connectivity index (χ3v) is 5.08. The molecule has 0 aromatic heterocycles. The van der Waals surface area contributed by atoms with Crippen LogP contribution in [-0.2, 0) is 28.5 Å². The molecule has 2 aliphatic carbocycles. The number of allylic oxidation sites excluding steroid dienone is 2. The normalized spacial score (nSPS) is 44.0. The number of carbonyl (C=O) groups excluding carboxylic acids is 2. The Balaban J connectivity index is 1.45. The second-order valence-corrected chi connectivity index (χ2v) is 6.91. The van der Waals surface area contributed by atoms with E-state index in [0.29, 0.717) is 13.2 Å². The van der Waals surface area contributed by atoms with Gasteiger partial charge in [0.15, 0.2) is 0 Å². The lowest BCUT2D eigenvalue weighted by Gasteiger charge is -2.30. The minimum absolute atomic E-state index is 0.0308. The average molecular weight is 308 g/mol. The van der Waals surface area contributed by atoms with Gasteiger partial charge in [0.05, 0.1) is 25.0 Å². The van der Waals surface area contributed by atoms with E-state index in [0.717, 1.165) is 6.42 Å². The first-order valence-electron chi connectivity index (χ1n) is 7.83. The second kappa shape index (κ2) is 5.06. The number of epoxide rings is 2. The van der Waals surface area contributed by atoms with E-state index >= 15 is 0 Å². The fourth-order valence-electron chi connectivity index (χ4n) is 3.71. The van der Waals surface area contributed by atoms with Gasteiger partial charge in [-0.1, -0.05) is 19.1 Å². The molecule has 1 saturated carbocycles. The molecule has 6 nitrogen and oxygen atoms in total. The first kappa shape index (κ1) is 14.2. The van der Waals surface area contributed by atoms with E-state index in [4.69, 9.17) is 18.9 Å². The van der Waals surface area contributed by atoms with Gasteiger partial charge >= 0.3 is 11.9 Å². The van der Waals surface area contributed by atoms with Gasteiger partial charge in [0.25, 0.3) is 0 Å². The summed E-state index contributed by atoms with van der Waals surface area (Å²) in [6.07, 6.45) is 4.94. The van der Waals surface area contributed by atoms with Crippen LogP contribution in [-0.4, -0.2) is 50.6 Å². The first-order valence-corrected chi connectivity index (χ1v) is 7.83. The molecule has 4 aliphatic rings. The van der Waals surface area contributed by atoms with Crippen molar-refractivity contribution in [2.75, 3.05) is 26.4 Å². The molecule has 0 aromatic rings. The van der Waals surface area contributed by atoms with Crippen LogP contribution in [0, 0.1) is 23.2 Å². The van der Waals surface area contributed by atoms with Crippen LogP contribution in [0.25, 0.3) is 0 Å². The summed E-state index contributed by atoms with van der Waals surface area (Å²) < 4.78 is 20.8. The van der Waals surface area contributed by atoms with Crippen molar-refractivity contribution >= 4 is 11.9 Å². The quantitative estimate of drug-likeness (QED) is 0.408. The molecule has 6 heteroatoms. The molecule has 0 aromatic carbocycles. The Labute approximate surface area is 128 Å². The van der Waals surface area contributed by atoms with Crippen LogP contribution in [0.5, 0.6) is 0 Å². The lowest BCUT2D eigenvalue weighted by atomic mass is 9.75. The van der Waals surface area contributed by atoms with Gasteiger partial charge in [0.1, 0.15) is 25.4 Å². The monoisotopic (exact) mass is 308 g/mol. The van der Waals surface area contributed by atoms with Crippen LogP contribution in [0.1, 0.15) is 13.3 Å². The van der Waals surface area contributed by atoms with Crippen LogP contribution < -0.4 is 0 Å². The first-order chi connectivity index (χ1) is 10.6. The molecule has 4 rings (SSSR count). The highest BCUT2D eigenvalue weighted by molar-refractivity contribution is 5.85. The molecule has 2 bridgehead atoms. The molecule has 6 atom stereocenters. The fourth-order valence-corrected chi connectivity index (χ4v) is 3.71. The standard InChI is InChI=1S/C16H20O6/c1-16-3-2-9(4-16)12(14(17)21-7-10-5-19-10)13(16)15(18)22-8-11-6-20-11/h2-3,9-13H,4-8H2,1H3. The zero-order valence-corrected chi connectivity index (χ0v) is 12.5. The van der Waals surface area contributed by atoms with Crippen molar-refractivity contribution in [2.45, 2.75) is 25.6 Å². The van der Waals surface area contributed by atoms with Crippen molar-refractivity contribution in [3.63, 3.8) is 0 Å². The Hall–Kier alpha value is -1.40. The van der Waals surface area contributed by atoms with Gasteiger partial charge in [-0.15, -0.1) is 0 Å². The average Bonchev–Trinajstić information content (AvgIpc) is 3.40. The molecule has 2 aliphatic heterocycles. The molecule has 3 fully saturated rings. The Morgan fingerprint density at radius 2 is 1.73 bits per heavy atom. The molecular formula is C16H20O6. The molecule has 0 amide bonds. The number of ether oxygens (including phenoxy) is 4. The van der Waals surface area contributed by atoms with Gasteiger partial charge in [0.2, 0.25) is 0 Å². The zero-order chi connectivity index (χ0) is 15.3. The molecule has 0 spiro atoms. The summed E-state index contributed by atoms with van der Waals surface area (Å²) in [4.78, 5) is 24.9. The predicted molar refractivity (Wildman–Crippen MR) is 73.7 cm³/mol. The van der Waals surface area contributed by atoms with Crippen LogP contribution in [0.3, 0.4) is 0 Å². The SMILES string of the molecule is CC12C=CC(C1)C(C(=O)OCC1CO1)C2C(=O)OCC1CO1. The third kappa shape index (κ3) is 2.54. The van der Waals surface area contributed by atoms with Crippen molar-refractivity contribution in [3.05, 3.63) is 12.2 Å². The third-order valence-electron chi connectivity index (χ3n) is 5.08. The topological polar surface area (TPSA) is 77.7 Å². The van der Waals surface area contributed by atoms with Crippen LogP contribution in [0.15, 0.2) is 12.2 Å². The van der Waals surface area contributed by atoms with Gasteiger partial charge in [0, 0.05) is 5.41 Å². The Bertz CT molecular complexity index is 521. The number of esters is 2. The molecule has 22 heavy (non-hydrogen) atoms. The summed E-state index contributed by atoms with van der Waals surface area (Å²) in [5.74, 6) is -1.46. The highest BCUT2D eigenvalue weighted by Crippen LogP contribution is 2.57. The van der Waals surface area contributed by atoms with Crippen molar-refractivity contribution in [1.29, 1.82) is 0 Å². The van der Waals surface area contributed by atoms with Crippen molar-refractivity contribution in [3.8, 4) is 0 Å². The molecule has 120 valence electrons. The van der Waals surface area contributed by atoms with E-state index in [-0.39, 0.29) is 48.7 Å². The molecular weight excluding hydrogens is 288 g/mol. The Morgan fingerprint density at radius 1 is 1.14 bits per heavy atom. The number of hydrogen-bond acceptors (Lipinski definition) is 6. The molecule has 6 unspecified atom stereocenters. The minimum atomic E-state index is -0.464. The molecule has 2 heterocycles. The van der Waals surface area contributed by atoms with E-state index in [9.17, 15) is 9.59 Å². The Morgan fingerprint density at radius 3 is 2.32 bits per heavy atom. The molecule has 0 N–H and O–H groups in total. The van der Waals surface area contributed by atoms with E-state index in [2.05, 4.69) is 0 Å². The van der Waals surface area contributed by atoms with Gasteiger partial charge in [-0.2, -0.15) is 0 Å². The van der Waals surface area contributed by atoms with E-state index in [1.165, 1.54) is 0 Å². The summed E-state index contributed by atoms with van der Waals surface area (Å²) >= 11 is 0. The predicted octanol–water partition coefficient (Wildman–Crippen LogP) is 0.699. The minimum Gasteiger partial charge on any atom is -0.463 e. The van der Waals surface area contributed by atoms with Crippen LogP contribution in [0.4, 0.5) is 0 Å². The number of carbonyl (C=O) groups is 2. The zero-order valence-electron chi connectivity index (χ0n) is 12.5. The fraction of sp³-hybridized carbons (Fsp3) is 0.750. The summed E-state index contributed by atoms with van der Waals surface area (Å²) in [5, 5.41) is 0. The van der Waals surface area contributed by atoms with Gasteiger partial charge in [-0.3, -0.25) is 9.59 Å². The number of rotatable bonds is 6. The summed E-state index contributed by atoms with van der Waals surface area (Å²) in [6.45, 7) is 3.86. The lowest BCUT2D eigenvalue weighted by Crippen LogP contribution is -2.39. The number of fused-ring (bicyclic) bond motifs is 2. The van der Waals surface area contributed by atoms with Gasteiger partial charge < -0.3 is 18.9 Å². The van der Waals surface area contributed by atoms with Crippen LogP contribution >= 0.6 is 0 Å². The summed E-state index contributed by atoms with van der Waals surface area (Å²) in [6, 6.07) is 0. The second-order valence-electron chi connectivity index (χ2n) is 6.91. The van der Waals surface area contributed by atoms with E-state index in [1.807, 2.05) is 19.1 Å². The van der Waals surface area contributed by atoms with Gasteiger partial charge in [-0.05, 0) is 12.3 Å². The molecule has 0 radical (unpaired) electrons. The maximum atomic E-state index is 12.5. The maximum Gasteiger partial charge on any atom is 0.310 e. The largest absolute Gasteiger partial charge is 0.463 e. The van der Waals surface area contributed by atoms with Crippen molar-refractivity contribution in [1.82, 2.24) is 0 Å². The van der Waals surface area contributed by atoms with E-state index < -0.39 is 11.8 Å².